The second-order valence-corrected chi connectivity index (χ2v) is 4.88. The Hall–Kier alpha value is -1.32. The molecule has 0 aliphatic rings. The van der Waals surface area contributed by atoms with E-state index in [9.17, 15) is 0 Å². The van der Waals surface area contributed by atoms with Crippen molar-refractivity contribution in [3.63, 3.8) is 0 Å². The molecule has 0 radical (unpaired) electrons. The van der Waals surface area contributed by atoms with Crippen LogP contribution in [0, 0.1) is 13.8 Å². The molecule has 0 aliphatic heterocycles. The van der Waals surface area contributed by atoms with Gasteiger partial charge < -0.3 is 10.3 Å². The topological polar surface area (TPSA) is 40.7 Å². The van der Waals surface area contributed by atoms with E-state index in [2.05, 4.69) is 47.3 Å². The number of nitrogens with zero attached hydrogens (tertiary/aromatic N) is 1. The number of aryl methyl sites for hydroxylation is 2. The van der Waals surface area contributed by atoms with Crippen molar-refractivity contribution in [2.45, 2.75) is 20.3 Å². The Morgan fingerprint density at radius 2 is 2.11 bits per heavy atom. The van der Waals surface area contributed by atoms with Crippen LogP contribution in [-0.2, 0) is 6.42 Å². The number of likely N-dealkylation sites (N-methyl/N-ethyl adjacent to an activating group) is 1. The average Bonchev–Trinajstić information content (AvgIpc) is 2.68. The lowest BCUT2D eigenvalue weighted by atomic mass is 10.1. The summed E-state index contributed by atoms with van der Waals surface area (Å²) in [5.41, 5.74) is 4.56. The molecule has 0 saturated heterocycles. The van der Waals surface area contributed by atoms with Crippen LogP contribution < -0.4 is 5.32 Å². The fraction of sp³-hybridized carbons (Fsp3) is 0.357. The first kappa shape index (κ1) is 13.1. The van der Waals surface area contributed by atoms with Crippen molar-refractivity contribution < 1.29 is 0 Å². The van der Waals surface area contributed by atoms with Crippen molar-refractivity contribution >= 4 is 11.6 Å². The number of hydrogen-bond acceptors (Lipinski definition) is 2. The first-order chi connectivity index (χ1) is 8.61. The highest BCUT2D eigenvalue weighted by Crippen LogP contribution is 2.25. The normalized spacial score (nSPS) is 10.9. The van der Waals surface area contributed by atoms with E-state index in [1.807, 2.05) is 7.05 Å². The molecule has 0 unspecified atom stereocenters. The molecular formula is C14H18ClN3. The summed E-state index contributed by atoms with van der Waals surface area (Å²) in [5.74, 6) is 0.851. The third kappa shape index (κ3) is 2.74. The zero-order valence-electron chi connectivity index (χ0n) is 11.0. The predicted octanol–water partition coefficient (Wildman–Crippen LogP) is 3.11. The molecule has 1 aromatic heterocycles. The number of H-pyrrole nitrogens is 1. The van der Waals surface area contributed by atoms with Crippen molar-refractivity contribution in [1.82, 2.24) is 15.3 Å². The van der Waals surface area contributed by atoms with Crippen LogP contribution in [0.15, 0.2) is 18.2 Å². The van der Waals surface area contributed by atoms with Crippen molar-refractivity contribution in [3.05, 3.63) is 40.2 Å². The summed E-state index contributed by atoms with van der Waals surface area (Å²) in [6, 6.07) is 6.33. The Labute approximate surface area is 113 Å². The van der Waals surface area contributed by atoms with Crippen LogP contribution in [0.1, 0.15) is 16.8 Å². The Morgan fingerprint density at radius 3 is 2.78 bits per heavy atom. The van der Waals surface area contributed by atoms with Gasteiger partial charge in [-0.1, -0.05) is 35.4 Å². The molecule has 0 bridgehead atoms. The summed E-state index contributed by atoms with van der Waals surface area (Å²) < 4.78 is 0. The third-order valence-corrected chi connectivity index (χ3v) is 3.30. The van der Waals surface area contributed by atoms with Crippen LogP contribution in [0.2, 0.25) is 5.15 Å². The quantitative estimate of drug-likeness (QED) is 0.890. The standard InChI is InChI=1S/C14H18ClN3/c1-9-4-5-11(10(2)8-9)14-17-12(6-7-16-3)13(15)18-14/h4-5,8,16H,6-7H2,1-3H3,(H,17,18). The van der Waals surface area contributed by atoms with Gasteiger partial charge in [0.1, 0.15) is 5.82 Å². The van der Waals surface area contributed by atoms with E-state index in [0.29, 0.717) is 5.15 Å². The fourth-order valence-corrected chi connectivity index (χ4v) is 2.24. The van der Waals surface area contributed by atoms with Gasteiger partial charge in [-0.2, -0.15) is 0 Å². The van der Waals surface area contributed by atoms with E-state index in [-0.39, 0.29) is 0 Å². The van der Waals surface area contributed by atoms with Crippen LogP contribution >= 0.6 is 11.6 Å². The lowest BCUT2D eigenvalue weighted by molar-refractivity contribution is 0.780. The lowest BCUT2D eigenvalue weighted by Crippen LogP contribution is -2.10. The second kappa shape index (κ2) is 5.55. The number of nitrogens with one attached hydrogen (secondary N) is 2. The van der Waals surface area contributed by atoms with E-state index >= 15 is 0 Å². The number of hydrogen-bond donors (Lipinski definition) is 2. The molecule has 0 fully saturated rings. The SMILES string of the molecule is CNCCc1[nH]c(-c2ccc(C)cc2C)nc1Cl. The molecule has 0 saturated carbocycles. The summed E-state index contributed by atoms with van der Waals surface area (Å²) in [6.45, 7) is 5.06. The minimum absolute atomic E-state index is 0.570. The van der Waals surface area contributed by atoms with Crippen molar-refractivity contribution in [2.24, 2.45) is 0 Å². The summed E-state index contributed by atoms with van der Waals surface area (Å²) in [7, 11) is 1.93. The molecule has 3 nitrogen and oxygen atoms in total. The van der Waals surface area contributed by atoms with Gasteiger partial charge in [-0.3, -0.25) is 0 Å². The number of aromatic amines is 1. The Balaban J connectivity index is 2.33. The molecule has 96 valence electrons. The molecule has 4 heteroatoms. The molecule has 1 aromatic carbocycles. The van der Waals surface area contributed by atoms with Gasteiger partial charge in [-0.05, 0) is 26.5 Å². The Bertz CT molecular complexity index is 546. The molecule has 0 atom stereocenters. The Kier molecular flexibility index (Phi) is 4.04. The van der Waals surface area contributed by atoms with Gasteiger partial charge in [0.2, 0.25) is 0 Å². The zero-order chi connectivity index (χ0) is 13.1. The molecule has 1 heterocycles. The maximum atomic E-state index is 6.14. The highest BCUT2D eigenvalue weighted by Gasteiger charge is 2.11. The van der Waals surface area contributed by atoms with Gasteiger partial charge >= 0.3 is 0 Å². The van der Waals surface area contributed by atoms with Gasteiger partial charge in [0.15, 0.2) is 5.15 Å². The molecule has 2 rings (SSSR count). The van der Waals surface area contributed by atoms with Crippen molar-refractivity contribution in [3.8, 4) is 11.4 Å². The van der Waals surface area contributed by atoms with Crippen LogP contribution in [0.4, 0.5) is 0 Å². The first-order valence-electron chi connectivity index (χ1n) is 6.08. The average molecular weight is 264 g/mol. The fourth-order valence-electron chi connectivity index (χ4n) is 2.01. The van der Waals surface area contributed by atoms with Crippen LogP contribution in [0.25, 0.3) is 11.4 Å². The molecule has 2 aromatic rings. The summed E-state index contributed by atoms with van der Waals surface area (Å²) in [5, 5.41) is 3.67. The van der Waals surface area contributed by atoms with Gasteiger partial charge in [-0.15, -0.1) is 0 Å². The molecule has 18 heavy (non-hydrogen) atoms. The largest absolute Gasteiger partial charge is 0.341 e. The van der Waals surface area contributed by atoms with Gasteiger partial charge in [0, 0.05) is 18.5 Å². The van der Waals surface area contributed by atoms with Gasteiger partial charge in [-0.25, -0.2) is 4.98 Å². The molecule has 0 amide bonds. The number of imidazole rings is 1. The molecule has 2 N–H and O–H groups in total. The molecule has 0 aliphatic carbocycles. The third-order valence-electron chi connectivity index (χ3n) is 2.99. The van der Waals surface area contributed by atoms with E-state index < -0.39 is 0 Å². The maximum Gasteiger partial charge on any atom is 0.150 e. The zero-order valence-corrected chi connectivity index (χ0v) is 11.7. The number of halogens is 1. The molecule has 0 spiro atoms. The van der Waals surface area contributed by atoms with Crippen LogP contribution in [0.5, 0.6) is 0 Å². The van der Waals surface area contributed by atoms with Crippen molar-refractivity contribution in [1.29, 1.82) is 0 Å². The van der Waals surface area contributed by atoms with Crippen LogP contribution in [-0.4, -0.2) is 23.6 Å². The monoisotopic (exact) mass is 263 g/mol. The Morgan fingerprint density at radius 1 is 1.33 bits per heavy atom. The number of rotatable bonds is 4. The number of aromatic nitrogens is 2. The predicted molar refractivity (Wildman–Crippen MR) is 76.1 cm³/mol. The van der Waals surface area contributed by atoms with Crippen LogP contribution in [0.3, 0.4) is 0 Å². The minimum atomic E-state index is 0.570. The maximum absolute atomic E-state index is 6.14. The highest BCUT2D eigenvalue weighted by atomic mass is 35.5. The minimum Gasteiger partial charge on any atom is -0.341 e. The van der Waals surface area contributed by atoms with E-state index in [0.717, 1.165) is 30.0 Å². The van der Waals surface area contributed by atoms with Gasteiger partial charge in [0.25, 0.3) is 0 Å². The van der Waals surface area contributed by atoms with Crippen molar-refractivity contribution in [2.75, 3.05) is 13.6 Å². The van der Waals surface area contributed by atoms with E-state index in [1.165, 1.54) is 11.1 Å². The van der Waals surface area contributed by atoms with E-state index in [1.54, 1.807) is 0 Å². The smallest absolute Gasteiger partial charge is 0.150 e. The number of benzene rings is 1. The van der Waals surface area contributed by atoms with E-state index in [4.69, 9.17) is 11.6 Å². The lowest BCUT2D eigenvalue weighted by Gasteiger charge is -2.03. The van der Waals surface area contributed by atoms with Gasteiger partial charge in [0.05, 0.1) is 5.69 Å². The first-order valence-corrected chi connectivity index (χ1v) is 6.46. The summed E-state index contributed by atoms with van der Waals surface area (Å²) in [6.07, 6.45) is 0.854. The highest BCUT2D eigenvalue weighted by molar-refractivity contribution is 6.30. The summed E-state index contributed by atoms with van der Waals surface area (Å²) >= 11 is 6.14. The molecular weight excluding hydrogens is 246 g/mol. The summed E-state index contributed by atoms with van der Waals surface area (Å²) in [4.78, 5) is 7.72. The second-order valence-electron chi connectivity index (χ2n) is 4.53.